The summed E-state index contributed by atoms with van der Waals surface area (Å²) in [6.45, 7) is 3.05. The molecule has 0 unspecified atom stereocenters. The number of pyridine rings is 1. The average molecular weight is 337 g/mol. The quantitative estimate of drug-likeness (QED) is 0.689. The van der Waals surface area contributed by atoms with Gasteiger partial charge in [0.1, 0.15) is 0 Å². The van der Waals surface area contributed by atoms with E-state index in [4.69, 9.17) is 0 Å². The van der Waals surface area contributed by atoms with Gasteiger partial charge in [-0.1, -0.05) is 0 Å². The molecule has 0 saturated heterocycles. The number of rotatable bonds is 5. The Labute approximate surface area is 144 Å². The van der Waals surface area contributed by atoms with E-state index < -0.39 is 0 Å². The molecule has 7 nitrogen and oxygen atoms in total. The molecule has 2 N–H and O–H groups in total. The van der Waals surface area contributed by atoms with Crippen LogP contribution in [0.4, 0.5) is 5.69 Å². The fourth-order valence-corrected chi connectivity index (χ4v) is 2.50. The van der Waals surface area contributed by atoms with Gasteiger partial charge in [-0.3, -0.25) is 14.6 Å². The van der Waals surface area contributed by atoms with Gasteiger partial charge in [0.2, 0.25) is 0 Å². The van der Waals surface area contributed by atoms with Crippen molar-refractivity contribution in [3.8, 4) is 0 Å². The molecule has 0 aliphatic heterocycles. The van der Waals surface area contributed by atoms with Gasteiger partial charge in [0.05, 0.1) is 17.2 Å². The van der Waals surface area contributed by atoms with Gasteiger partial charge < -0.3 is 15.2 Å². The maximum atomic E-state index is 12.3. The molecule has 2 aromatic heterocycles. The third kappa shape index (κ3) is 3.65. The van der Waals surface area contributed by atoms with Crippen molar-refractivity contribution in [1.29, 1.82) is 0 Å². The van der Waals surface area contributed by atoms with Crippen LogP contribution in [0.25, 0.3) is 10.9 Å². The second kappa shape index (κ2) is 7.12. The Hall–Kier alpha value is -3.22. The molecule has 0 bridgehead atoms. The molecule has 7 heteroatoms. The highest BCUT2D eigenvalue weighted by Gasteiger charge is 2.08. The highest BCUT2D eigenvalue weighted by atomic mass is 16.1. The first-order chi connectivity index (χ1) is 12.1. The normalized spacial score (nSPS) is 10.6. The van der Waals surface area contributed by atoms with E-state index in [0.29, 0.717) is 29.6 Å². The second-order valence-electron chi connectivity index (χ2n) is 5.77. The van der Waals surface area contributed by atoms with Crippen LogP contribution in [-0.2, 0) is 7.05 Å². The van der Waals surface area contributed by atoms with Crippen LogP contribution in [0.5, 0.6) is 0 Å². The number of benzene rings is 1. The van der Waals surface area contributed by atoms with Crippen LogP contribution in [-0.4, -0.2) is 33.5 Å². The van der Waals surface area contributed by atoms with Crippen molar-refractivity contribution in [3.63, 3.8) is 0 Å². The van der Waals surface area contributed by atoms with Crippen LogP contribution >= 0.6 is 0 Å². The van der Waals surface area contributed by atoms with E-state index in [1.807, 2.05) is 13.0 Å². The lowest BCUT2D eigenvalue weighted by molar-refractivity contribution is 0.0955. The molecule has 1 aromatic carbocycles. The summed E-state index contributed by atoms with van der Waals surface area (Å²) in [5.41, 5.74) is 2.91. The molecule has 0 fully saturated rings. The average Bonchev–Trinajstić information content (AvgIpc) is 2.63. The number of aryl methyl sites for hydroxylation is 2. The predicted molar refractivity (Wildman–Crippen MR) is 96.8 cm³/mol. The van der Waals surface area contributed by atoms with Crippen LogP contribution in [0.1, 0.15) is 15.9 Å². The summed E-state index contributed by atoms with van der Waals surface area (Å²) in [4.78, 5) is 32.5. The first kappa shape index (κ1) is 16.6. The summed E-state index contributed by atoms with van der Waals surface area (Å²) in [5.74, 6) is -0.197. The summed E-state index contributed by atoms with van der Waals surface area (Å²) in [7, 11) is 1.65. The topological polar surface area (TPSA) is 88.9 Å². The van der Waals surface area contributed by atoms with Gasteiger partial charge in [0.15, 0.2) is 0 Å². The Morgan fingerprint density at radius 2 is 2.08 bits per heavy atom. The first-order valence-electron chi connectivity index (χ1n) is 7.94. The Morgan fingerprint density at radius 3 is 2.88 bits per heavy atom. The van der Waals surface area contributed by atoms with Gasteiger partial charge in [-0.2, -0.15) is 0 Å². The molecular weight excluding hydrogens is 318 g/mol. The van der Waals surface area contributed by atoms with Gasteiger partial charge >= 0.3 is 0 Å². The number of amides is 1. The summed E-state index contributed by atoms with van der Waals surface area (Å²) in [5, 5.41) is 6.60. The number of carbonyl (C=O) groups is 1. The third-order valence-electron chi connectivity index (χ3n) is 3.93. The number of aromatic nitrogens is 3. The zero-order chi connectivity index (χ0) is 17.8. The van der Waals surface area contributed by atoms with Crippen molar-refractivity contribution in [2.45, 2.75) is 6.92 Å². The fourth-order valence-electron chi connectivity index (χ4n) is 2.50. The largest absolute Gasteiger partial charge is 0.383 e. The zero-order valence-electron chi connectivity index (χ0n) is 14.1. The summed E-state index contributed by atoms with van der Waals surface area (Å²) in [6.07, 6.45) is 4.96. The molecule has 3 aromatic rings. The van der Waals surface area contributed by atoms with E-state index in [9.17, 15) is 9.59 Å². The Kier molecular flexibility index (Phi) is 4.74. The van der Waals surface area contributed by atoms with E-state index in [1.54, 1.807) is 37.6 Å². The summed E-state index contributed by atoms with van der Waals surface area (Å²) in [6, 6.07) is 6.80. The van der Waals surface area contributed by atoms with Crippen molar-refractivity contribution in [2.24, 2.45) is 7.05 Å². The van der Waals surface area contributed by atoms with E-state index >= 15 is 0 Å². The maximum Gasteiger partial charge on any atom is 0.260 e. The lowest BCUT2D eigenvalue weighted by Gasteiger charge is -2.10. The Balaban J connectivity index is 1.62. The van der Waals surface area contributed by atoms with Crippen molar-refractivity contribution >= 4 is 22.5 Å². The van der Waals surface area contributed by atoms with Gasteiger partial charge in [0, 0.05) is 43.8 Å². The molecule has 0 aliphatic rings. The highest BCUT2D eigenvalue weighted by Crippen LogP contribution is 2.11. The molecule has 2 heterocycles. The minimum Gasteiger partial charge on any atom is -0.383 e. The van der Waals surface area contributed by atoms with Gasteiger partial charge in [-0.25, -0.2) is 4.98 Å². The number of hydrogen-bond donors (Lipinski definition) is 2. The lowest BCUT2D eigenvalue weighted by atomic mass is 10.1. The molecule has 0 radical (unpaired) electrons. The Morgan fingerprint density at radius 1 is 1.24 bits per heavy atom. The first-order valence-corrected chi connectivity index (χ1v) is 7.94. The van der Waals surface area contributed by atoms with E-state index in [1.165, 1.54) is 10.9 Å². The molecule has 3 rings (SSSR count). The van der Waals surface area contributed by atoms with Crippen molar-refractivity contribution in [1.82, 2.24) is 19.9 Å². The molecule has 128 valence electrons. The maximum absolute atomic E-state index is 12.3. The molecule has 0 atom stereocenters. The number of nitrogens with one attached hydrogen (secondary N) is 2. The highest BCUT2D eigenvalue weighted by molar-refractivity contribution is 5.97. The number of fused-ring (bicyclic) bond motifs is 1. The summed E-state index contributed by atoms with van der Waals surface area (Å²) >= 11 is 0. The van der Waals surface area contributed by atoms with Crippen molar-refractivity contribution in [2.75, 3.05) is 18.4 Å². The van der Waals surface area contributed by atoms with Crippen LogP contribution in [0, 0.1) is 6.92 Å². The lowest BCUT2D eigenvalue weighted by Crippen LogP contribution is -2.29. The van der Waals surface area contributed by atoms with Crippen LogP contribution in [0.3, 0.4) is 0 Å². The van der Waals surface area contributed by atoms with Crippen LogP contribution < -0.4 is 16.2 Å². The fraction of sp³-hybridized carbons (Fsp3) is 0.222. The van der Waals surface area contributed by atoms with Gasteiger partial charge in [-0.05, 0) is 36.8 Å². The Bertz CT molecular complexity index is 981. The molecule has 0 saturated carbocycles. The van der Waals surface area contributed by atoms with E-state index in [0.717, 1.165) is 11.3 Å². The molecule has 0 spiro atoms. The van der Waals surface area contributed by atoms with Crippen LogP contribution in [0.2, 0.25) is 0 Å². The molecule has 25 heavy (non-hydrogen) atoms. The van der Waals surface area contributed by atoms with Gasteiger partial charge in [-0.15, -0.1) is 0 Å². The van der Waals surface area contributed by atoms with E-state index in [-0.39, 0.29) is 11.5 Å². The molecule has 1 amide bonds. The van der Waals surface area contributed by atoms with Gasteiger partial charge in [0.25, 0.3) is 11.5 Å². The van der Waals surface area contributed by atoms with Crippen LogP contribution in [0.15, 0.2) is 47.8 Å². The van der Waals surface area contributed by atoms with Crippen molar-refractivity contribution < 1.29 is 4.79 Å². The second-order valence-corrected chi connectivity index (χ2v) is 5.77. The zero-order valence-corrected chi connectivity index (χ0v) is 14.1. The molecule has 0 aliphatic carbocycles. The number of carbonyl (C=O) groups excluding carboxylic acids is 1. The number of anilines is 1. The minimum atomic E-state index is -0.197. The monoisotopic (exact) mass is 337 g/mol. The van der Waals surface area contributed by atoms with Crippen molar-refractivity contribution in [3.05, 3.63) is 64.5 Å². The smallest absolute Gasteiger partial charge is 0.260 e. The molecular formula is C18H19N5O2. The number of nitrogens with zero attached hydrogens (tertiary/aromatic N) is 3. The minimum absolute atomic E-state index is 0.131. The summed E-state index contributed by atoms with van der Waals surface area (Å²) < 4.78 is 1.41. The third-order valence-corrected chi connectivity index (χ3v) is 3.93. The van der Waals surface area contributed by atoms with E-state index in [2.05, 4.69) is 20.6 Å². The standard InChI is InChI=1S/C18H19N5O2/c1-12-10-19-6-5-15(12)20-7-8-21-17(24)13-3-4-14-16(9-13)22-11-23(2)18(14)25/h3-6,9-11H,7-8H2,1-2H3,(H,19,20)(H,21,24). The SMILES string of the molecule is Cc1cnccc1NCCNC(=O)c1ccc2c(=O)n(C)cnc2c1. The predicted octanol–water partition coefficient (Wildman–Crippen LogP) is 1.48. The number of hydrogen-bond acceptors (Lipinski definition) is 5.